The number of amides is 1. The average Bonchev–Trinajstić information content (AvgIpc) is 2.78. The fourth-order valence-corrected chi connectivity index (χ4v) is 1.95. The van der Waals surface area contributed by atoms with E-state index in [1.165, 1.54) is 0 Å². The van der Waals surface area contributed by atoms with Crippen LogP contribution in [0.15, 0.2) is 28.4 Å². The first-order valence-electron chi connectivity index (χ1n) is 5.32. The molecule has 2 rings (SSSR count). The Labute approximate surface area is 115 Å². The molecule has 106 valence electrons. The SMILES string of the molecule is O=C1CSC(=NN=Cc2cc(OC(F)F)ccc2F)N1. The van der Waals surface area contributed by atoms with E-state index in [-0.39, 0.29) is 23.0 Å². The van der Waals surface area contributed by atoms with E-state index in [1.54, 1.807) is 0 Å². The van der Waals surface area contributed by atoms with Crippen molar-refractivity contribution < 1.29 is 22.7 Å². The third kappa shape index (κ3) is 3.98. The van der Waals surface area contributed by atoms with Crippen LogP contribution in [-0.2, 0) is 4.79 Å². The second-order valence-electron chi connectivity index (χ2n) is 3.55. The number of hydrogen-bond donors (Lipinski definition) is 1. The Morgan fingerprint density at radius 2 is 2.25 bits per heavy atom. The molecule has 1 N–H and O–H groups in total. The van der Waals surface area contributed by atoms with Gasteiger partial charge in [0.05, 0.1) is 12.0 Å². The van der Waals surface area contributed by atoms with Crippen LogP contribution in [0.25, 0.3) is 0 Å². The zero-order valence-electron chi connectivity index (χ0n) is 9.85. The molecule has 9 heteroatoms. The van der Waals surface area contributed by atoms with Crippen LogP contribution < -0.4 is 10.1 Å². The Hall–Kier alpha value is -2.03. The van der Waals surface area contributed by atoms with Gasteiger partial charge in [-0.2, -0.15) is 13.9 Å². The van der Waals surface area contributed by atoms with E-state index in [0.717, 1.165) is 36.2 Å². The Balaban J connectivity index is 2.10. The molecule has 1 aliphatic heterocycles. The van der Waals surface area contributed by atoms with Gasteiger partial charge in [-0.05, 0) is 18.2 Å². The highest BCUT2D eigenvalue weighted by Crippen LogP contribution is 2.18. The van der Waals surface area contributed by atoms with Crippen molar-refractivity contribution in [3.8, 4) is 5.75 Å². The topological polar surface area (TPSA) is 63.0 Å². The summed E-state index contributed by atoms with van der Waals surface area (Å²) in [5.41, 5.74) is -0.0539. The van der Waals surface area contributed by atoms with Gasteiger partial charge < -0.3 is 10.1 Å². The third-order valence-electron chi connectivity index (χ3n) is 2.12. The van der Waals surface area contributed by atoms with Gasteiger partial charge in [-0.25, -0.2) is 4.39 Å². The Morgan fingerprint density at radius 3 is 2.90 bits per heavy atom. The summed E-state index contributed by atoms with van der Waals surface area (Å²) >= 11 is 1.16. The number of ether oxygens (including phenoxy) is 1. The van der Waals surface area contributed by atoms with E-state index >= 15 is 0 Å². The van der Waals surface area contributed by atoms with Crippen molar-refractivity contribution in [1.82, 2.24) is 5.32 Å². The second-order valence-corrected chi connectivity index (χ2v) is 4.51. The lowest BCUT2D eigenvalue weighted by Gasteiger charge is -2.05. The number of amidine groups is 1. The first-order valence-corrected chi connectivity index (χ1v) is 6.31. The summed E-state index contributed by atoms with van der Waals surface area (Å²) in [5.74, 6) is -0.777. The highest BCUT2D eigenvalue weighted by molar-refractivity contribution is 8.15. The number of nitrogens with one attached hydrogen (secondary N) is 1. The van der Waals surface area contributed by atoms with Crippen LogP contribution >= 0.6 is 11.8 Å². The Bertz CT molecular complexity index is 578. The second kappa shape index (κ2) is 6.42. The molecular formula is C11H8F3N3O2S. The molecule has 0 spiro atoms. The smallest absolute Gasteiger partial charge is 0.387 e. The van der Waals surface area contributed by atoms with E-state index in [9.17, 15) is 18.0 Å². The highest BCUT2D eigenvalue weighted by Gasteiger charge is 2.16. The summed E-state index contributed by atoms with van der Waals surface area (Å²) in [6.45, 7) is -2.99. The summed E-state index contributed by atoms with van der Waals surface area (Å²) in [6, 6.07) is 3.14. The summed E-state index contributed by atoms with van der Waals surface area (Å²) in [6.07, 6.45) is 1.05. The molecule has 0 atom stereocenters. The number of thioether (sulfide) groups is 1. The molecule has 1 aromatic carbocycles. The van der Waals surface area contributed by atoms with Crippen LogP contribution in [-0.4, -0.2) is 29.7 Å². The lowest BCUT2D eigenvalue weighted by molar-refractivity contribution is -0.116. The van der Waals surface area contributed by atoms with Crippen LogP contribution in [0, 0.1) is 5.82 Å². The normalized spacial score (nSPS) is 17.2. The van der Waals surface area contributed by atoms with Crippen molar-refractivity contribution in [3.63, 3.8) is 0 Å². The quantitative estimate of drug-likeness (QED) is 0.683. The third-order valence-corrected chi connectivity index (χ3v) is 2.99. The maximum absolute atomic E-state index is 13.4. The standard InChI is InChI=1S/C11H8F3N3O2S/c12-8-2-1-7(19-10(13)14)3-6(8)4-15-17-11-16-9(18)5-20-11/h1-4,10H,5H2,(H,16,17,18). The van der Waals surface area contributed by atoms with Gasteiger partial charge >= 0.3 is 6.61 Å². The monoisotopic (exact) mass is 303 g/mol. The largest absolute Gasteiger partial charge is 0.435 e. The van der Waals surface area contributed by atoms with Gasteiger partial charge in [-0.15, -0.1) is 5.10 Å². The Morgan fingerprint density at radius 1 is 1.45 bits per heavy atom. The van der Waals surface area contributed by atoms with Crippen LogP contribution in [0.5, 0.6) is 5.75 Å². The number of carbonyl (C=O) groups excluding carboxylic acids is 1. The van der Waals surface area contributed by atoms with Crippen LogP contribution in [0.4, 0.5) is 13.2 Å². The minimum Gasteiger partial charge on any atom is -0.435 e. The molecule has 1 heterocycles. The van der Waals surface area contributed by atoms with Gasteiger partial charge in [0.15, 0.2) is 5.17 Å². The van der Waals surface area contributed by atoms with E-state index in [1.807, 2.05) is 0 Å². The van der Waals surface area contributed by atoms with Crippen molar-refractivity contribution in [2.75, 3.05) is 5.75 Å². The molecule has 1 amide bonds. The molecule has 1 fully saturated rings. The molecule has 0 unspecified atom stereocenters. The lowest BCUT2D eigenvalue weighted by atomic mass is 10.2. The highest BCUT2D eigenvalue weighted by atomic mass is 32.2. The van der Waals surface area contributed by atoms with E-state index in [4.69, 9.17) is 0 Å². The van der Waals surface area contributed by atoms with Crippen molar-refractivity contribution in [3.05, 3.63) is 29.6 Å². The van der Waals surface area contributed by atoms with Gasteiger partial charge in [0, 0.05) is 5.56 Å². The minimum atomic E-state index is -2.99. The molecule has 0 aromatic heterocycles. The average molecular weight is 303 g/mol. The van der Waals surface area contributed by atoms with Crippen LogP contribution in [0.3, 0.4) is 0 Å². The first kappa shape index (κ1) is 14.4. The summed E-state index contributed by atoms with van der Waals surface area (Å²) in [5, 5.41) is 9.98. The molecule has 0 aliphatic carbocycles. The van der Waals surface area contributed by atoms with E-state index in [0.29, 0.717) is 5.17 Å². The molecule has 1 aromatic rings. The van der Waals surface area contributed by atoms with E-state index in [2.05, 4.69) is 20.3 Å². The molecule has 1 aliphatic rings. The van der Waals surface area contributed by atoms with Crippen LogP contribution in [0.2, 0.25) is 0 Å². The predicted octanol–water partition coefficient (Wildman–Crippen LogP) is 1.98. The van der Waals surface area contributed by atoms with Crippen molar-refractivity contribution >= 4 is 29.1 Å². The number of rotatable bonds is 4. The molecule has 0 saturated carbocycles. The number of alkyl halides is 2. The molecule has 20 heavy (non-hydrogen) atoms. The van der Waals surface area contributed by atoms with Gasteiger partial charge in [0.1, 0.15) is 11.6 Å². The van der Waals surface area contributed by atoms with Gasteiger partial charge in [0.25, 0.3) is 0 Å². The van der Waals surface area contributed by atoms with Gasteiger partial charge in [-0.3, -0.25) is 4.79 Å². The van der Waals surface area contributed by atoms with Crippen molar-refractivity contribution in [2.24, 2.45) is 10.2 Å². The number of nitrogens with zero attached hydrogens (tertiary/aromatic N) is 2. The molecular weight excluding hydrogens is 295 g/mol. The predicted molar refractivity (Wildman–Crippen MR) is 68.7 cm³/mol. The fraction of sp³-hybridized carbons (Fsp3) is 0.182. The van der Waals surface area contributed by atoms with Crippen LogP contribution in [0.1, 0.15) is 5.56 Å². The molecule has 0 radical (unpaired) electrons. The van der Waals surface area contributed by atoms with Gasteiger partial charge in [0.2, 0.25) is 5.91 Å². The summed E-state index contributed by atoms with van der Waals surface area (Å²) < 4.78 is 41.6. The summed E-state index contributed by atoms with van der Waals surface area (Å²) in [4.78, 5) is 10.9. The van der Waals surface area contributed by atoms with Crippen molar-refractivity contribution in [1.29, 1.82) is 0 Å². The van der Waals surface area contributed by atoms with Crippen molar-refractivity contribution in [2.45, 2.75) is 6.61 Å². The summed E-state index contributed by atoms with van der Waals surface area (Å²) in [7, 11) is 0. The Kier molecular flexibility index (Phi) is 4.61. The number of hydrogen-bond acceptors (Lipinski definition) is 5. The molecule has 0 bridgehead atoms. The minimum absolute atomic E-state index is 0.0539. The fourth-order valence-electron chi connectivity index (χ4n) is 1.32. The molecule has 1 saturated heterocycles. The maximum atomic E-state index is 13.4. The van der Waals surface area contributed by atoms with E-state index < -0.39 is 12.4 Å². The first-order chi connectivity index (χ1) is 9.54. The molecule has 5 nitrogen and oxygen atoms in total. The number of halogens is 3. The maximum Gasteiger partial charge on any atom is 0.387 e. The lowest BCUT2D eigenvalue weighted by Crippen LogP contribution is -2.19. The number of benzene rings is 1. The zero-order chi connectivity index (χ0) is 14.5. The number of carbonyl (C=O) groups is 1. The zero-order valence-corrected chi connectivity index (χ0v) is 10.7. The van der Waals surface area contributed by atoms with Gasteiger partial charge in [-0.1, -0.05) is 11.8 Å².